The van der Waals surface area contributed by atoms with Gasteiger partial charge in [0.1, 0.15) is 0 Å². The lowest BCUT2D eigenvalue weighted by atomic mass is 10.2. The average Bonchev–Trinajstić information content (AvgIpc) is 2.08. The van der Waals surface area contributed by atoms with Gasteiger partial charge < -0.3 is 10.8 Å². The van der Waals surface area contributed by atoms with Crippen molar-refractivity contribution in [1.29, 1.82) is 0 Å². The lowest BCUT2D eigenvalue weighted by molar-refractivity contribution is -0.100. The number of hydrogen-bond donors (Lipinski definition) is 3. The highest BCUT2D eigenvalue weighted by atomic mass is 19.4. The third-order valence-electron chi connectivity index (χ3n) is 1.53. The topological polar surface area (TPSA) is 62.6 Å². The summed E-state index contributed by atoms with van der Waals surface area (Å²) >= 11 is 0. The van der Waals surface area contributed by atoms with Crippen molar-refractivity contribution in [2.75, 3.05) is 11.1 Å². The fourth-order valence-corrected chi connectivity index (χ4v) is 0.987. The fourth-order valence-electron chi connectivity index (χ4n) is 0.987. The summed E-state index contributed by atoms with van der Waals surface area (Å²) in [6, 6.07) is 2.08. The molecule has 0 atom stereocenters. The normalized spacial score (nSPS) is 10.8. The highest BCUT2D eigenvalue weighted by Crippen LogP contribution is 2.38. The molecule has 0 unspecified atom stereocenters. The molecule has 80 valence electrons. The Morgan fingerprint density at radius 1 is 1.40 bits per heavy atom. The largest absolute Gasteiger partial charge is 0.500 e. The van der Waals surface area contributed by atoms with Gasteiger partial charge in [-0.3, -0.25) is 5.32 Å². The predicted molar refractivity (Wildman–Crippen MR) is 50.2 cm³/mol. The summed E-state index contributed by atoms with van der Waals surface area (Å²) in [5.74, 6) is -0.705. The van der Waals surface area contributed by atoms with Crippen LogP contribution in [0.25, 0.3) is 4.85 Å². The maximum absolute atomic E-state index is 12.0. The number of phenols is 1. The van der Waals surface area contributed by atoms with Gasteiger partial charge in [-0.1, -0.05) is 0 Å². The van der Waals surface area contributed by atoms with Gasteiger partial charge in [0.05, 0.1) is 11.8 Å². The van der Waals surface area contributed by atoms with Gasteiger partial charge in [-0.25, -0.2) is 0 Å². The number of nitrogens with zero attached hydrogens (tertiary/aromatic N) is 1. The molecule has 0 aliphatic carbocycles. The fraction of sp³-hybridized carbons (Fsp3) is 0.125. The Labute approximate surface area is 82.9 Å². The molecule has 0 fully saturated rings. The third kappa shape index (κ3) is 2.67. The number of nitrogens with two attached hydrogens (primary N) is 1. The van der Waals surface area contributed by atoms with Gasteiger partial charge in [0.15, 0.2) is 0 Å². The second-order valence-corrected chi connectivity index (χ2v) is 2.69. The minimum atomic E-state index is -4.67. The summed E-state index contributed by atoms with van der Waals surface area (Å²) in [4.78, 5) is 3.08. The summed E-state index contributed by atoms with van der Waals surface area (Å²) in [5.41, 5.74) is 4.48. The molecule has 7 heteroatoms. The zero-order valence-corrected chi connectivity index (χ0v) is 7.34. The molecule has 0 radical (unpaired) electrons. The van der Waals surface area contributed by atoms with Crippen molar-refractivity contribution in [2.24, 2.45) is 0 Å². The summed E-state index contributed by atoms with van der Waals surface area (Å²) < 4.78 is 35.9. The van der Waals surface area contributed by atoms with Crippen LogP contribution in [0.5, 0.6) is 5.75 Å². The minimum absolute atomic E-state index is 0.00347. The molecule has 0 spiro atoms. The van der Waals surface area contributed by atoms with Gasteiger partial charge in [0.2, 0.25) is 5.75 Å². The number of anilines is 2. The molecule has 1 aromatic carbocycles. The first kappa shape index (κ1) is 11.0. The maximum Gasteiger partial charge on any atom is 0.482 e. The van der Waals surface area contributed by atoms with E-state index < -0.39 is 17.7 Å². The van der Waals surface area contributed by atoms with E-state index in [-0.39, 0.29) is 11.4 Å². The van der Waals surface area contributed by atoms with E-state index in [1.54, 1.807) is 0 Å². The molecule has 0 aliphatic heterocycles. The molecule has 4 N–H and O–H groups in total. The van der Waals surface area contributed by atoms with E-state index in [1.807, 2.05) is 0 Å². The average molecular weight is 218 g/mol. The van der Waals surface area contributed by atoms with Crippen LogP contribution in [0.2, 0.25) is 0 Å². The maximum atomic E-state index is 12.0. The SMILES string of the molecule is C#[N+]c1cc(N)cc(NC(F)(F)F)c1O. The molecular weight excluding hydrogens is 211 g/mol. The van der Waals surface area contributed by atoms with Gasteiger partial charge in [-0.15, -0.1) is 0 Å². The van der Waals surface area contributed by atoms with Crippen molar-refractivity contribution in [3.8, 4) is 12.3 Å². The zero-order valence-electron chi connectivity index (χ0n) is 7.34. The molecule has 4 nitrogen and oxygen atoms in total. The lowest BCUT2D eigenvalue weighted by Gasteiger charge is -2.10. The van der Waals surface area contributed by atoms with Crippen molar-refractivity contribution in [1.82, 2.24) is 0 Å². The number of benzene rings is 1. The predicted octanol–water partition coefficient (Wildman–Crippen LogP) is 2.50. The second kappa shape index (κ2) is 3.57. The van der Waals surface area contributed by atoms with E-state index in [2.05, 4.69) is 4.85 Å². The molecule has 0 aliphatic rings. The van der Waals surface area contributed by atoms with Gasteiger partial charge in [-0.05, 0) is 10.9 Å². The van der Waals surface area contributed by atoms with Gasteiger partial charge >= 0.3 is 12.0 Å². The third-order valence-corrected chi connectivity index (χ3v) is 1.53. The highest BCUT2D eigenvalue weighted by Gasteiger charge is 2.30. The van der Waals surface area contributed by atoms with E-state index >= 15 is 0 Å². The molecule has 0 aromatic heterocycles. The molecular formula is C8H7F3N3O+. The number of nitrogens with one attached hydrogen (secondary N) is 1. The van der Waals surface area contributed by atoms with Crippen LogP contribution in [0.4, 0.5) is 30.2 Å². The van der Waals surface area contributed by atoms with Gasteiger partial charge in [-0.2, -0.15) is 13.2 Å². The standard InChI is InChI=1S/C8H6F3N3O/c1-13-5-2-4(12)3-6(7(5)15)14-8(9,10)11/h1-3,14H,12H2/p+1. The Morgan fingerprint density at radius 3 is 2.47 bits per heavy atom. The van der Waals surface area contributed by atoms with E-state index in [9.17, 15) is 18.3 Å². The molecule has 15 heavy (non-hydrogen) atoms. The van der Waals surface area contributed by atoms with Crippen LogP contribution in [0.15, 0.2) is 12.1 Å². The number of rotatable bonds is 1. The van der Waals surface area contributed by atoms with Crippen molar-refractivity contribution in [3.05, 3.63) is 17.0 Å². The number of hydrogen-bond acceptors (Lipinski definition) is 3. The minimum Gasteiger partial charge on any atom is -0.500 e. The van der Waals surface area contributed by atoms with Crippen LogP contribution >= 0.6 is 0 Å². The zero-order chi connectivity index (χ0) is 11.6. The van der Waals surface area contributed by atoms with E-state index in [1.165, 1.54) is 0 Å². The van der Waals surface area contributed by atoms with E-state index in [4.69, 9.17) is 12.3 Å². The van der Waals surface area contributed by atoms with Crippen LogP contribution < -0.4 is 11.1 Å². The molecule has 0 saturated carbocycles. The molecule has 0 heterocycles. The van der Waals surface area contributed by atoms with Crippen LogP contribution in [-0.2, 0) is 0 Å². The number of phenolic OH excluding ortho intramolecular Hbond substituents is 1. The van der Waals surface area contributed by atoms with E-state index in [0.29, 0.717) is 0 Å². The van der Waals surface area contributed by atoms with E-state index in [0.717, 1.165) is 17.4 Å². The summed E-state index contributed by atoms with van der Waals surface area (Å²) in [7, 11) is 0. The second-order valence-electron chi connectivity index (χ2n) is 2.69. The van der Waals surface area contributed by atoms with Crippen molar-refractivity contribution in [2.45, 2.75) is 6.30 Å². The van der Waals surface area contributed by atoms with Crippen molar-refractivity contribution < 1.29 is 18.3 Å². The van der Waals surface area contributed by atoms with Crippen molar-refractivity contribution >= 4 is 17.1 Å². The Balaban J connectivity index is 3.20. The first-order valence-corrected chi connectivity index (χ1v) is 3.72. The van der Waals surface area contributed by atoms with Crippen LogP contribution in [0, 0.1) is 6.57 Å². The smallest absolute Gasteiger partial charge is 0.482 e. The first-order chi connectivity index (χ1) is 6.83. The van der Waals surface area contributed by atoms with Gasteiger partial charge in [0, 0.05) is 5.69 Å². The molecule has 1 rings (SSSR count). The summed E-state index contributed by atoms with van der Waals surface area (Å²) in [6.07, 6.45) is -4.67. The Kier molecular flexibility index (Phi) is 2.61. The van der Waals surface area contributed by atoms with Crippen LogP contribution in [0.3, 0.4) is 0 Å². The number of aromatic hydroxyl groups is 1. The van der Waals surface area contributed by atoms with Crippen LogP contribution in [0.1, 0.15) is 0 Å². The molecule has 0 saturated heterocycles. The highest BCUT2D eigenvalue weighted by molar-refractivity contribution is 5.76. The quantitative estimate of drug-likeness (QED) is 0.293. The van der Waals surface area contributed by atoms with Crippen LogP contribution in [-0.4, -0.2) is 11.4 Å². The molecule has 1 aromatic rings. The van der Waals surface area contributed by atoms with Crippen molar-refractivity contribution in [3.63, 3.8) is 0 Å². The first-order valence-electron chi connectivity index (χ1n) is 3.72. The Hall–Kier alpha value is -2.10. The molecule has 0 bridgehead atoms. The monoisotopic (exact) mass is 218 g/mol. The number of halogens is 3. The molecule has 0 amide bonds. The Bertz CT molecular complexity index is 422. The Morgan fingerprint density at radius 2 is 2.00 bits per heavy atom. The number of nitrogen functional groups attached to an aromatic ring is 1. The van der Waals surface area contributed by atoms with Gasteiger partial charge in [0.25, 0.3) is 6.57 Å². The lowest BCUT2D eigenvalue weighted by Crippen LogP contribution is -2.20. The summed E-state index contributed by atoms with van der Waals surface area (Å²) in [5, 5.41) is 10.4. The summed E-state index contributed by atoms with van der Waals surface area (Å²) in [6.45, 7) is 4.85. The number of alkyl halides is 3.